The molecule has 0 amide bonds. The molecule has 0 heterocycles. The molecular weight excluding hydrogens is 516 g/mol. The van der Waals surface area contributed by atoms with E-state index in [-0.39, 0.29) is 6.10 Å². The van der Waals surface area contributed by atoms with Crippen LogP contribution in [0, 0.1) is 11.8 Å². The molecule has 1 aliphatic carbocycles. The fourth-order valence-electron chi connectivity index (χ4n) is 5.88. The second-order valence-corrected chi connectivity index (χ2v) is 11.9. The van der Waals surface area contributed by atoms with Gasteiger partial charge in [0.2, 0.25) is 0 Å². The van der Waals surface area contributed by atoms with Gasteiger partial charge in [-0.3, -0.25) is 9.98 Å². The molecule has 1 N–H and O–H groups in total. The van der Waals surface area contributed by atoms with Crippen LogP contribution in [0.4, 0.5) is 0 Å². The molecule has 4 heteroatoms. The lowest BCUT2D eigenvalue weighted by atomic mass is 9.77. The molecule has 1 rings (SSSR count). The summed E-state index contributed by atoms with van der Waals surface area (Å²) >= 11 is 0. The van der Waals surface area contributed by atoms with Crippen LogP contribution in [-0.4, -0.2) is 29.9 Å². The van der Waals surface area contributed by atoms with E-state index in [2.05, 4.69) is 61.9 Å². The van der Waals surface area contributed by atoms with E-state index in [0.717, 1.165) is 81.8 Å². The zero-order chi connectivity index (χ0) is 30.7. The molecule has 0 radical (unpaired) electrons. The Morgan fingerprint density at radius 2 is 1.64 bits per heavy atom. The van der Waals surface area contributed by atoms with Gasteiger partial charge < -0.3 is 9.90 Å². The van der Waals surface area contributed by atoms with E-state index in [0.29, 0.717) is 24.7 Å². The Balaban J connectivity index is 2.33. The van der Waals surface area contributed by atoms with Crippen molar-refractivity contribution >= 4 is 18.7 Å². The van der Waals surface area contributed by atoms with Gasteiger partial charge in [0.05, 0.1) is 11.8 Å². The van der Waals surface area contributed by atoms with Gasteiger partial charge in [-0.05, 0) is 108 Å². The van der Waals surface area contributed by atoms with Crippen molar-refractivity contribution in [2.75, 3.05) is 0 Å². The van der Waals surface area contributed by atoms with Crippen LogP contribution in [-0.2, 0) is 4.79 Å². The number of rotatable bonds is 24. The van der Waals surface area contributed by atoms with Crippen LogP contribution in [0.15, 0.2) is 70.0 Å². The maximum absolute atomic E-state index is 10.7. The minimum absolute atomic E-state index is 0.297. The highest BCUT2D eigenvalue weighted by Crippen LogP contribution is 2.37. The molecule has 0 spiro atoms. The summed E-state index contributed by atoms with van der Waals surface area (Å²) in [5.41, 5.74) is 3.45. The first-order valence-electron chi connectivity index (χ1n) is 17.1. The molecule has 236 valence electrons. The molecule has 0 aromatic heterocycles. The summed E-state index contributed by atoms with van der Waals surface area (Å²) in [6, 6.07) is 0. The monoisotopic (exact) mass is 578 g/mol. The minimum atomic E-state index is -0.297. The van der Waals surface area contributed by atoms with E-state index in [1.165, 1.54) is 50.6 Å². The summed E-state index contributed by atoms with van der Waals surface area (Å²) in [4.78, 5) is 19.7. The standard InChI is InChI=1S/C38H62N2O2/c1-5-22-36(39-7-3)27-18-13-11-9-8-10-12-15-19-28-40-38(23-6-2)35-26-21-25-34(31-35)32-37(42)30-33(4)24-17-14-16-20-29-41/h7,15,18-19,22-23,27-29,34-35,37,42H,4-6,8-14,16-17,20-21,24-26,30-32H2,1-3H3/b19-15+,27-18+,36-22-,38-23-,39-7?,40-28+. The highest BCUT2D eigenvalue weighted by atomic mass is 16.3. The van der Waals surface area contributed by atoms with E-state index >= 15 is 0 Å². The van der Waals surface area contributed by atoms with Crippen LogP contribution >= 0.6 is 0 Å². The van der Waals surface area contributed by atoms with E-state index < -0.39 is 0 Å². The Morgan fingerprint density at radius 3 is 2.36 bits per heavy atom. The maximum atomic E-state index is 10.7. The molecule has 0 saturated heterocycles. The third-order valence-corrected chi connectivity index (χ3v) is 8.01. The third kappa shape index (κ3) is 19.7. The largest absolute Gasteiger partial charge is 0.393 e. The first kappa shape index (κ1) is 37.7. The molecule has 1 saturated carbocycles. The quantitative estimate of drug-likeness (QED) is 0.0407. The van der Waals surface area contributed by atoms with Gasteiger partial charge in [-0.2, -0.15) is 0 Å². The first-order chi connectivity index (χ1) is 20.5. The van der Waals surface area contributed by atoms with Gasteiger partial charge in [-0.25, -0.2) is 0 Å². The Kier molecular flexibility index (Phi) is 23.6. The predicted octanol–water partition coefficient (Wildman–Crippen LogP) is 10.8. The van der Waals surface area contributed by atoms with Crippen LogP contribution in [0.5, 0.6) is 0 Å². The lowest BCUT2D eigenvalue weighted by Gasteiger charge is -2.31. The van der Waals surface area contributed by atoms with Gasteiger partial charge in [0.15, 0.2) is 0 Å². The lowest BCUT2D eigenvalue weighted by molar-refractivity contribution is -0.107. The smallest absolute Gasteiger partial charge is 0.119 e. The number of aldehydes is 1. The molecule has 3 unspecified atom stereocenters. The number of allylic oxidation sites excluding steroid dienone is 7. The number of aliphatic hydroxyl groups is 1. The number of carbonyl (C=O) groups excluding carboxylic acids is 1. The van der Waals surface area contributed by atoms with Crippen molar-refractivity contribution in [2.45, 2.75) is 149 Å². The number of aliphatic hydroxyl groups excluding tert-OH is 1. The van der Waals surface area contributed by atoms with E-state index in [1.807, 2.05) is 19.4 Å². The van der Waals surface area contributed by atoms with Crippen LogP contribution in [0.2, 0.25) is 0 Å². The van der Waals surface area contributed by atoms with Gasteiger partial charge in [0.1, 0.15) is 6.29 Å². The number of unbranched alkanes of at least 4 members (excludes halogenated alkanes) is 8. The van der Waals surface area contributed by atoms with Gasteiger partial charge in [-0.1, -0.05) is 82.4 Å². The van der Waals surface area contributed by atoms with Gasteiger partial charge in [-0.15, -0.1) is 0 Å². The van der Waals surface area contributed by atoms with Crippen molar-refractivity contribution in [2.24, 2.45) is 21.8 Å². The number of carbonyl (C=O) groups is 1. The fourth-order valence-corrected chi connectivity index (χ4v) is 5.88. The van der Waals surface area contributed by atoms with Crippen LogP contribution < -0.4 is 0 Å². The third-order valence-electron chi connectivity index (χ3n) is 8.01. The highest BCUT2D eigenvalue weighted by molar-refractivity contribution is 5.72. The molecule has 1 aliphatic rings. The fraction of sp³-hybridized carbons (Fsp3) is 0.658. The summed E-state index contributed by atoms with van der Waals surface area (Å²) in [7, 11) is 0. The number of hydrogen-bond acceptors (Lipinski definition) is 4. The highest BCUT2D eigenvalue weighted by Gasteiger charge is 2.26. The normalized spacial score (nSPS) is 19.5. The maximum Gasteiger partial charge on any atom is 0.119 e. The van der Waals surface area contributed by atoms with E-state index in [9.17, 15) is 9.90 Å². The van der Waals surface area contributed by atoms with Gasteiger partial charge in [0.25, 0.3) is 0 Å². The van der Waals surface area contributed by atoms with Crippen molar-refractivity contribution < 1.29 is 9.90 Å². The van der Waals surface area contributed by atoms with Crippen molar-refractivity contribution in [3.05, 3.63) is 60.0 Å². The molecule has 0 bridgehead atoms. The van der Waals surface area contributed by atoms with Crippen LogP contribution in [0.1, 0.15) is 143 Å². The second kappa shape index (κ2) is 26.3. The van der Waals surface area contributed by atoms with Crippen molar-refractivity contribution in [3.63, 3.8) is 0 Å². The van der Waals surface area contributed by atoms with Crippen LogP contribution in [0.25, 0.3) is 0 Å². The Hall–Kier alpha value is -2.33. The number of nitrogens with zero attached hydrogens (tertiary/aromatic N) is 2. The Bertz CT molecular complexity index is 893. The topological polar surface area (TPSA) is 62.0 Å². The molecular formula is C38H62N2O2. The first-order valence-corrected chi connectivity index (χ1v) is 17.1. The van der Waals surface area contributed by atoms with Crippen molar-refractivity contribution in [1.29, 1.82) is 0 Å². The molecule has 4 nitrogen and oxygen atoms in total. The predicted molar refractivity (Wildman–Crippen MR) is 184 cm³/mol. The Labute approximate surface area is 259 Å². The molecule has 0 aromatic carbocycles. The van der Waals surface area contributed by atoms with Gasteiger partial charge >= 0.3 is 0 Å². The average Bonchev–Trinajstić information content (AvgIpc) is 2.97. The number of hydrogen-bond donors (Lipinski definition) is 1. The SMILES string of the molecule is C=C(CCCCCC=O)CC(O)CC1CCCC(C(=C/CC)/N=C/C=C/CCCCCC/C=C/C(=C/CC)N=CC)C1. The Morgan fingerprint density at radius 1 is 0.929 bits per heavy atom. The van der Waals surface area contributed by atoms with Crippen molar-refractivity contribution in [3.8, 4) is 0 Å². The summed E-state index contributed by atoms with van der Waals surface area (Å²) in [5, 5.41) is 10.7. The minimum Gasteiger partial charge on any atom is -0.393 e. The molecule has 0 aromatic rings. The molecule has 42 heavy (non-hydrogen) atoms. The average molecular weight is 579 g/mol. The second-order valence-electron chi connectivity index (χ2n) is 11.9. The van der Waals surface area contributed by atoms with Crippen molar-refractivity contribution in [1.82, 2.24) is 0 Å². The zero-order valence-corrected chi connectivity index (χ0v) is 27.3. The summed E-state index contributed by atoms with van der Waals surface area (Å²) < 4.78 is 0. The zero-order valence-electron chi connectivity index (χ0n) is 27.3. The molecule has 0 aliphatic heterocycles. The van der Waals surface area contributed by atoms with Crippen LogP contribution in [0.3, 0.4) is 0 Å². The molecule has 3 atom stereocenters. The summed E-state index contributed by atoms with van der Waals surface area (Å²) in [6.45, 7) is 10.5. The summed E-state index contributed by atoms with van der Waals surface area (Å²) in [6.07, 6.45) is 38.0. The van der Waals surface area contributed by atoms with E-state index in [4.69, 9.17) is 4.99 Å². The summed E-state index contributed by atoms with van der Waals surface area (Å²) in [5.74, 6) is 1.05. The van der Waals surface area contributed by atoms with E-state index in [1.54, 1.807) is 0 Å². The number of aliphatic imine (C=N–C) groups is 2. The molecule has 1 fully saturated rings. The van der Waals surface area contributed by atoms with Gasteiger partial charge in [0, 0.05) is 30.5 Å². The lowest BCUT2D eigenvalue weighted by Crippen LogP contribution is -2.22.